The zero-order valence-electron chi connectivity index (χ0n) is 14.2. The summed E-state index contributed by atoms with van der Waals surface area (Å²) in [6, 6.07) is 15.1. The van der Waals surface area contributed by atoms with Gasteiger partial charge in [0.05, 0.1) is 0 Å². The second kappa shape index (κ2) is 7.60. The van der Waals surface area contributed by atoms with Gasteiger partial charge in [0.15, 0.2) is 0 Å². The number of benzene rings is 1. The van der Waals surface area contributed by atoms with Crippen LogP contribution in [0.4, 0.5) is 11.5 Å². The van der Waals surface area contributed by atoms with Crippen LogP contribution in [0.1, 0.15) is 44.7 Å². The number of aromatic nitrogens is 1. The van der Waals surface area contributed by atoms with Crippen molar-refractivity contribution in [3.63, 3.8) is 0 Å². The fourth-order valence-electron chi connectivity index (χ4n) is 3.48. The largest absolute Gasteiger partial charge is 0.340 e. The maximum absolute atomic E-state index is 4.62. The molecule has 1 fully saturated rings. The molecule has 3 heteroatoms. The number of nitrogens with one attached hydrogen (secondary N) is 1. The van der Waals surface area contributed by atoms with Gasteiger partial charge < -0.3 is 5.32 Å². The summed E-state index contributed by atoms with van der Waals surface area (Å²) in [5.74, 6) is 1.69. The molecule has 0 radical (unpaired) electrons. The summed E-state index contributed by atoms with van der Waals surface area (Å²) in [7, 11) is 0. The minimum atomic E-state index is 0.478. The second-order valence-electron chi connectivity index (χ2n) is 6.83. The number of anilines is 2. The normalized spacial score (nSPS) is 19.0. The Morgan fingerprint density at radius 2 is 1.96 bits per heavy atom. The summed E-state index contributed by atoms with van der Waals surface area (Å²) < 4.78 is 0. The van der Waals surface area contributed by atoms with Crippen molar-refractivity contribution in [1.82, 2.24) is 9.88 Å². The number of rotatable bonds is 5. The topological polar surface area (TPSA) is 28.2 Å². The Morgan fingerprint density at radius 1 is 1.13 bits per heavy atom. The number of nitrogens with zero attached hydrogens (tertiary/aromatic N) is 2. The summed E-state index contributed by atoms with van der Waals surface area (Å²) >= 11 is 0. The van der Waals surface area contributed by atoms with Crippen molar-refractivity contribution in [3.8, 4) is 0 Å². The van der Waals surface area contributed by atoms with E-state index in [1.165, 1.54) is 31.4 Å². The van der Waals surface area contributed by atoms with Gasteiger partial charge in [-0.1, -0.05) is 44.5 Å². The highest BCUT2D eigenvalue weighted by Crippen LogP contribution is 2.35. The van der Waals surface area contributed by atoms with Gasteiger partial charge in [0.1, 0.15) is 5.82 Å². The predicted molar refractivity (Wildman–Crippen MR) is 97.0 cm³/mol. The zero-order chi connectivity index (χ0) is 16.1. The molecule has 2 aromatic rings. The fraction of sp³-hybridized carbons (Fsp3) is 0.450. The molecule has 122 valence electrons. The van der Waals surface area contributed by atoms with Crippen molar-refractivity contribution in [2.24, 2.45) is 5.92 Å². The summed E-state index contributed by atoms with van der Waals surface area (Å²) in [6.07, 6.45) is 5.72. The van der Waals surface area contributed by atoms with E-state index < -0.39 is 0 Å². The van der Waals surface area contributed by atoms with Crippen LogP contribution >= 0.6 is 0 Å². The van der Waals surface area contributed by atoms with Gasteiger partial charge in [-0.15, -0.1) is 0 Å². The van der Waals surface area contributed by atoms with Crippen LogP contribution in [0.5, 0.6) is 0 Å². The van der Waals surface area contributed by atoms with E-state index in [-0.39, 0.29) is 0 Å². The lowest BCUT2D eigenvalue weighted by molar-refractivity contribution is 0.132. The van der Waals surface area contributed by atoms with E-state index in [0.29, 0.717) is 12.0 Å². The minimum Gasteiger partial charge on any atom is -0.340 e. The Labute approximate surface area is 139 Å². The zero-order valence-corrected chi connectivity index (χ0v) is 14.2. The van der Waals surface area contributed by atoms with E-state index in [1.807, 2.05) is 12.3 Å². The molecule has 0 aliphatic carbocycles. The van der Waals surface area contributed by atoms with Gasteiger partial charge >= 0.3 is 0 Å². The van der Waals surface area contributed by atoms with Crippen molar-refractivity contribution in [2.45, 2.75) is 39.2 Å². The highest BCUT2D eigenvalue weighted by atomic mass is 15.2. The van der Waals surface area contributed by atoms with Crippen molar-refractivity contribution in [3.05, 3.63) is 54.2 Å². The molecule has 1 N–H and O–H groups in total. The van der Waals surface area contributed by atoms with Gasteiger partial charge in [0.25, 0.3) is 0 Å². The van der Waals surface area contributed by atoms with E-state index >= 15 is 0 Å². The molecule has 1 atom stereocenters. The first-order valence-corrected chi connectivity index (χ1v) is 8.75. The van der Waals surface area contributed by atoms with Crippen LogP contribution in [-0.2, 0) is 0 Å². The van der Waals surface area contributed by atoms with Crippen molar-refractivity contribution in [1.29, 1.82) is 0 Å². The van der Waals surface area contributed by atoms with E-state index in [9.17, 15) is 0 Å². The Balaban J connectivity index is 1.86. The van der Waals surface area contributed by atoms with E-state index in [2.05, 4.69) is 65.4 Å². The molecule has 1 saturated heterocycles. The lowest BCUT2D eigenvalue weighted by Crippen LogP contribution is -2.36. The molecule has 0 amide bonds. The van der Waals surface area contributed by atoms with Gasteiger partial charge in [-0.05, 0) is 43.5 Å². The standard InChI is InChI=1S/C20H27N3/c1-16(2)15-23-14-7-6-12-19(23)18-11-8-13-21-20(18)22-17-9-4-3-5-10-17/h3-5,8-11,13,16,19H,6-7,12,14-15H2,1-2H3,(H,21,22). The third-order valence-corrected chi connectivity index (χ3v) is 4.45. The summed E-state index contributed by atoms with van der Waals surface area (Å²) in [5.41, 5.74) is 2.43. The minimum absolute atomic E-state index is 0.478. The molecule has 1 aromatic heterocycles. The van der Waals surface area contributed by atoms with Gasteiger partial charge in [-0.2, -0.15) is 0 Å². The molecular formula is C20H27N3. The molecule has 1 aromatic carbocycles. The van der Waals surface area contributed by atoms with Crippen LogP contribution in [0.25, 0.3) is 0 Å². The van der Waals surface area contributed by atoms with Crippen molar-refractivity contribution >= 4 is 11.5 Å². The summed E-state index contributed by atoms with van der Waals surface area (Å²) in [5, 5.41) is 3.51. The first-order chi connectivity index (χ1) is 11.2. The van der Waals surface area contributed by atoms with Gasteiger partial charge in [0, 0.05) is 30.0 Å². The number of pyridine rings is 1. The Kier molecular flexibility index (Phi) is 5.29. The van der Waals surface area contributed by atoms with E-state index in [1.54, 1.807) is 0 Å². The number of likely N-dealkylation sites (tertiary alicyclic amines) is 1. The molecule has 3 nitrogen and oxygen atoms in total. The molecule has 3 rings (SSSR count). The molecule has 1 aliphatic rings. The average molecular weight is 309 g/mol. The Bertz CT molecular complexity index is 609. The molecule has 0 bridgehead atoms. The summed E-state index contributed by atoms with van der Waals surface area (Å²) in [6.45, 7) is 6.96. The summed E-state index contributed by atoms with van der Waals surface area (Å²) in [4.78, 5) is 7.27. The monoisotopic (exact) mass is 309 g/mol. The predicted octanol–water partition coefficient (Wildman–Crippen LogP) is 5.01. The number of piperidine rings is 1. The number of para-hydroxylation sites is 1. The van der Waals surface area contributed by atoms with Gasteiger partial charge in [-0.25, -0.2) is 4.98 Å². The Hall–Kier alpha value is -1.87. The average Bonchev–Trinajstić information content (AvgIpc) is 2.56. The lowest BCUT2D eigenvalue weighted by Gasteiger charge is -2.37. The third kappa shape index (κ3) is 4.11. The molecule has 23 heavy (non-hydrogen) atoms. The van der Waals surface area contributed by atoms with Crippen LogP contribution in [0.15, 0.2) is 48.7 Å². The second-order valence-corrected chi connectivity index (χ2v) is 6.83. The highest BCUT2D eigenvalue weighted by Gasteiger charge is 2.26. The molecule has 1 aliphatic heterocycles. The maximum atomic E-state index is 4.62. The number of hydrogen-bond donors (Lipinski definition) is 1. The first-order valence-electron chi connectivity index (χ1n) is 8.75. The van der Waals surface area contributed by atoms with Crippen molar-refractivity contribution < 1.29 is 0 Å². The SMILES string of the molecule is CC(C)CN1CCCCC1c1cccnc1Nc1ccccc1. The lowest BCUT2D eigenvalue weighted by atomic mass is 9.94. The number of hydrogen-bond acceptors (Lipinski definition) is 3. The highest BCUT2D eigenvalue weighted by molar-refractivity contribution is 5.59. The third-order valence-electron chi connectivity index (χ3n) is 4.45. The Morgan fingerprint density at radius 3 is 2.74 bits per heavy atom. The fourth-order valence-corrected chi connectivity index (χ4v) is 3.48. The van der Waals surface area contributed by atoms with E-state index in [4.69, 9.17) is 0 Å². The van der Waals surface area contributed by atoms with Gasteiger partial charge in [0.2, 0.25) is 0 Å². The van der Waals surface area contributed by atoms with Crippen LogP contribution in [-0.4, -0.2) is 23.0 Å². The van der Waals surface area contributed by atoms with Crippen LogP contribution in [0.3, 0.4) is 0 Å². The van der Waals surface area contributed by atoms with E-state index in [0.717, 1.165) is 18.1 Å². The maximum Gasteiger partial charge on any atom is 0.135 e. The van der Waals surface area contributed by atoms with Crippen LogP contribution in [0.2, 0.25) is 0 Å². The molecule has 0 saturated carbocycles. The van der Waals surface area contributed by atoms with Crippen molar-refractivity contribution in [2.75, 3.05) is 18.4 Å². The van der Waals surface area contributed by atoms with Crippen LogP contribution in [0, 0.1) is 5.92 Å². The molecule has 1 unspecified atom stereocenters. The smallest absolute Gasteiger partial charge is 0.135 e. The molecule has 0 spiro atoms. The molecule has 2 heterocycles. The van der Waals surface area contributed by atoms with Crippen LogP contribution < -0.4 is 5.32 Å². The quantitative estimate of drug-likeness (QED) is 0.841. The first kappa shape index (κ1) is 16.0. The van der Waals surface area contributed by atoms with Gasteiger partial charge in [-0.3, -0.25) is 4.90 Å². The molecular weight excluding hydrogens is 282 g/mol.